The molecule has 0 spiro atoms. The van der Waals surface area contributed by atoms with E-state index in [1.807, 2.05) is 18.2 Å². The molecule has 134 valence electrons. The highest BCUT2D eigenvalue weighted by Gasteiger charge is 2.23. The lowest BCUT2D eigenvalue weighted by molar-refractivity contribution is 0.100. The van der Waals surface area contributed by atoms with Crippen molar-refractivity contribution in [1.29, 1.82) is 0 Å². The molecule has 0 saturated carbocycles. The smallest absolute Gasteiger partial charge is 0.251 e. The second-order valence-electron chi connectivity index (χ2n) is 6.69. The predicted molar refractivity (Wildman–Crippen MR) is 108 cm³/mol. The normalized spacial score (nSPS) is 17.3. The Morgan fingerprint density at radius 2 is 2.15 bits per heavy atom. The van der Waals surface area contributed by atoms with Crippen LogP contribution in [0.15, 0.2) is 42.6 Å². The van der Waals surface area contributed by atoms with Crippen LogP contribution in [0, 0.1) is 0 Å². The molecule has 1 fully saturated rings. The maximum atomic E-state index is 11.9. The van der Waals surface area contributed by atoms with Crippen LogP contribution in [0.1, 0.15) is 23.2 Å². The molecule has 2 aromatic heterocycles. The first kappa shape index (κ1) is 17.0. The quantitative estimate of drug-likeness (QED) is 0.743. The zero-order valence-electron chi connectivity index (χ0n) is 14.7. The number of hydrogen-bond acceptors (Lipinski definition) is 5. The van der Waals surface area contributed by atoms with Crippen molar-refractivity contribution in [2.45, 2.75) is 18.9 Å². The van der Waals surface area contributed by atoms with Gasteiger partial charge in [-0.2, -0.15) is 0 Å². The molecule has 0 radical (unpaired) electrons. The van der Waals surface area contributed by atoms with Crippen molar-refractivity contribution in [1.82, 2.24) is 10.3 Å². The third-order valence-corrected chi connectivity index (χ3v) is 6.23. The molecule has 1 amide bonds. The minimum Gasteiger partial charge on any atom is -0.366 e. The Kier molecular flexibility index (Phi) is 4.61. The van der Waals surface area contributed by atoms with Crippen LogP contribution >= 0.6 is 11.3 Å². The molecule has 1 atom stereocenters. The number of piperidine rings is 1. The minimum absolute atomic E-state index is 0.402. The molecule has 0 aliphatic carbocycles. The van der Waals surface area contributed by atoms with Crippen LogP contribution in [0.2, 0.25) is 0 Å². The van der Waals surface area contributed by atoms with Crippen LogP contribution < -0.4 is 16.0 Å². The van der Waals surface area contributed by atoms with Gasteiger partial charge < -0.3 is 16.0 Å². The molecule has 1 aliphatic rings. The van der Waals surface area contributed by atoms with E-state index in [0.717, 1.165) is 52.3 Å². The number of anilines is 1. The standard InChI is InChI=1S/C20H22N4OS/c1-24(14-8-5-9-22-11-14)20-15-10-17(13-6-3-2-4-7-13)26-18(15)16(12-23-20)19(21)25/h2-4,6-7,10,12,14,22H,5,8-9,11H2,1H3,(H2,21,25). The van der Waals surface area contributed by atoms with Gasteiger partial charge in [0.2, 0.25) is 0 Å². The fourth-order valence-electron chi connectivity index (χ4n) is 3.55. The van der Waals surface area contributed by atoms with E-state index in [0.29, 0.717) is 11.6 Å². The van der Waals surface area contributed by atoms with Gasteiger partial charge in [-0.1, -0.05) is 30.3 Å². The Bertz CT molecular complexity index is 932. The van der Waals surface area contributed by atoms with Gasteiger partial charge in [-0.3, -0.25) is 4.79 Å². The molecule has 3 heterocycles. The Labute approximate surface area is 156 Å². The third kappa shape index (κ3) is 3.06. The number of rotatable bonds is 4. The van der Waals surface area contributed by atoms with Gasteiger partial charge in [-0.25, -0.2) is 4.98 Å². The third-order valence-electron chi connectivity index (χ3n) is 5.01. The molecule has 1 aliphatic heterocycles. The lowest BCUT2D eigenvalue weighted by Crippen LogP contribution is -2.44. The van der Waals surface area contributed by atoms with Crippen molar-refractivity contribution >= 4 is 33.1 Å². The van der Waals surface area contributed by atoms with Gasteiger partial charge in [0.05, 0.1) is 10.3 Å². The fourth-order valence-corrected chi connectivity index (χ4v) is 4.72. The maximum absolute atomic E-state index is 11.9. The van der Waals surface area contributed by atoms with Gasteiger partial charge in [0.1, 0.15) is 5.82 Å². The van der Waals surface area contributed by atoms with Crippen molar-refractivity contribution in [3.8, 4) is 10.4 Å². The summed E-state index contributed by atoms with van der Waals surface area (Å²) < 4.78 is 0.914. The van der Waals surface area contributed by atoms with E-state index in [9.17, 15) is 4.79 Å². The Morgan fingerprint density at radius 1 is 1.35 bits per heavy atom. The number of nitrogens with one attached hydrogen (secondary N) is 1. The number of fused-ring (bicyclic) bond motifs is 1. The van der Waals surface area contributed by atoms with Gasteiger partial charge in [0.25, 0.3) is 5.91 Å². The monoisotopic (exact) mass is 366 g/mol. The number of hydrogen-bond donors (Lipinski definition) is 2. The minimum atomic E-state index is -0.433. The van der Waals surface area contributed by atoms with Crippen molar-refractivity contribution < 1.29 is 4.79 Å². The van der Waals surface area contributed by atoms with Crippen molar-refractivity contribution in [3.63, 3.8) is 0 Å². The van der Waals surface area contributed by atoms with Crippen LogP contribution in [0.25, 0.3) is 20.5 Å². The number of carbonyl (C=O) groups is 1. The molecule has 1 aromatic carbocycles. The SMILES string of the molecule is CN(c1ncc(C(N)=O)c2sc(-c3ccccc3)cc12)C1CCCNC1. The Balaban J connectivity index is 1.84. The molecule has 0 bridgehead atoms. The summed E-state index contributed by atoms with van der Waals surface area (Å²) in [4.78, 5) is 19.9. The van der Waals surface area contributed by atoms with E-state index in [1.54, 1.807) is 17.5 Å². The molecule has 3 N–H and O–H groups in total. The van der Waals surface area contributed by atoms with Crippen molar-refractivity contribution in [2.75, 3.05) is 25.0 Å². The van der Waals surface area contributed by atoms with Crippen LogP contribution in [-0.4, -0.2) is 37.1 Å². The highest BCUT2D eigenvalue weighted by molar-refractivity contribution is 7.22. The number of benzene rings is 1. The highest BCUT2D eigenvalue weighted by Crippen LogP contribution is 2.39. The van der Waals surface area contributed by atoms with Crippen molar-refractivity contribution in [2.24, 2.45) is 5.73 Å². The predicted octanol–water partition coefficient (Wildman–Crippen LogP) is 3.25. The maximum Gasteiger partial charge on any atom is 0.251 e. The van der Waals surface area contributed by atoms with E-state index < -0.39 is 5.91 Å². The fraction of sp³-hybridized carbons (Fsp3) is 0.300. The molecule has 26 heavy (non-hydrogen) atoms. The van der Waals surface area contributed by atoms with Gasteiger partial charge in [-0.15, -0.1) is 11.3 Å². The lowest BCUT2D eigenvalue weighted by atomic mass is 10.1. The summed E-state index contributed by atoms with van der Waals surface area (Å²) in [5.41, 5.74) is 7.23. The number of pyridine rings is 1. The summed E-state index contributed by atoms with van der Waals surface area (Å²) >= 11 is 1.60. The second kappa shape index (κ2) is 7.05. The van der Waals surface area contributed by atoms with Crippen LogP contribution in [0.5, 0.6) is 0 Å². The topological polar surface area (TPSA) is 71.2 Å². The number of nitrogens with zero attached hydrogens (tertiary/aromatic N) is 2. The summed E-state index contributed by atoms with van der Waals surface area (Å²) in [5, 5.41) is 4.45. The van der Waals surface area contributed by atoms with E-state index in [2.05, 4.69) is 40.4 Å². The van der Waals surface area contributed by atoms with Gasteiger partial charge in [0, 0.05) is 36.1 Å². The van der Waals surface area contributed by atoms with Gasteiger partial charge >= 0.3 is 0 Å². The number of amides is 1. The number of nitrogens with two attached hydrogens (primary N) is 1. The van der Waals surface area contributed by atoms with Crippen molar-refractivity contribution in [3.05, 3.63) is 48.2 Å². The summed E-state index contributed by atoms with van der Waals surface area (Å²) in [6, 6.07) is 12.7. The highest BCUT2D eigenvalue weighted by atomic mass is 32.1. The summed E-state index contributed by atoms with van der Waals surface area (Å²) in [7, 11) is 2.09. The number of carbonyl (C=O) groups excluding carboxylic acids is 1. The van der Waals surface area contributed by atoms with Crippen LogP contribution in [0.4, 0.5) is 5.82 Å². The Hall–Kier alpha value is -2.44. The Morgan fingerprint density at radius 3 is 2.85 bits per heavy atom. The summed E-state index contributed by atoms with van der Waals surface area (Å²) in [5.74, 6) is 0.481. The first-order valence-corrected chi connectivity index (χ1v) is 9.68. The molecule has 1 unspecified atom stereocenters. The average Bonchev–Trinajstić information content (AvgIpc) is 3.13. The summed E-state index contributed by atoms with van der Waals surface area (Å²) in [6.45, 7) is 2.03. The average molecular weight is 366 g/mol. The lowest BCUT2D eigenvalue weighted by Gasteiger charge is -2.33. The largest absolute Gasteiger partial charge is 0.366 e. The van der Waals surface area contributed by atoms with Gasteiger partial charge in [0.15, 0.2) is 0 Å². The molecule has 4 rings (SSSR count). The van der Waals surface area contributed by atoms with Gasteiger partial charge in [-0.05, 0) is 31.0 Å². The number of primary amides is 1. The summed E-state index contributed by atoms with van der Waals surface area (Å²) in [6.07, 6.45) is 3.92. The van der Waals surface area contributed by atoms with E-state index in [4.69, 9.17) is 5.73 Å². The van der Waals surface area contributed by atoms with E-state index >= 15 is 0 Å². The number of thiophene rings is 1. The van der Waals surface area contributed by atoms with E-state index in [1.165, 1.54) is 0 Å². The molecule has 5 nitrogen and oxygen atoms in total. The zero-order chi connectivity index (χ0) is 18.1. The first-order valence-electron chi connectivity index (χ1n) is 8.86. The first-order chi connectivity index (χ1) is 12.6. The molecule has 1 saturated heterocycles. The molecule has 3 aromatic rings. The molecular formula is C20H22N4OS. The second-order valence-corrected chi connectivity index (χ2v) is 7.74. The number of aromatic nitrogens is 1. The van der Waals surface area contributed by atoms with E-state index in [-0.39, 0.29) is 0 Å². The number of likely N-dealkylation sites (N-methyl/N-ethyl adjacent to an activating group) is 1. The van der Waals surface area contributed by atoms with Crippen LogP contribution in [0.3, 0.4) is 0 Å². The molecular weight excluding hydrogens is 344 g/mol. The van der Waals surface area contributed by atoms with Crippen LogP contribution in [-0.2, 0) is 0 Å². The zero-order valence-corrected chi connectivity index (χ0v) is 15.6. The molecule has 6 heteroatoms.